The molecule has 0 amide bonds. The van der Waals surface area contributed by atoms with Crippen molar-refractivity contribution in [3.63, 3.8) is 0 Å². The van der Waals surface area contributed by atoms with Gasteiger partial charge >= 0.3 is 5.97 Å². The third-order valence-corrected chi connectivity index (χ3v) is 3.38. The van der Waals surface area contributed by atoms with Crippen molar-refractivity contribution < 1.29 is 14.3 Å². The molecule has 0 spiro atoms. The van der Waals surface area contributed by atoms with Crippen LogP contribution in [0.3, 0.4) is 0 Å². The van der Waals surface area contributed by atoms with E-state index in [9.17, 15) is 4.79 Å². The Hall–Kier alpha value is -1.62. The van der Waals surface area contributed by atoms with Gasteiger partial charge < -0.3 is 14.4 Å². The number of aromatic nitrogens is 1. The summed E-state index contributed by atoms with van der Waals surface area (Å²) in [5, 5.41) is 0. The molecular weight excluding hydrogens is 256 g/mol. The predicted molar refractivity (Wildman–Crippen MR) is 79.2 cm³/mol. The molecule has 112 valence electrons. The maximum atomic E-state index is 11.6. The second kappa shape index (κ2) is 8.53. The minimum absolute atomic E-state index is 0.343. The molecule has 0 saturated heterocycles. The highest BCUT2D eigenvalue weighted by atomic mass is 16.5. The average molecular weight is 280 g/mol. The molecule has 0 aliphatic heterocycles. The van der Waals surface area contributed by atoms with Crippen molar-refractivity contribution in [2.75, 3.05) is 32.3 Å². The van der Waals surface area contributed by atoms with Crippen LogP contribution in [0.4, 0.5) is 5.82 Å². The highest BCUT2D eigenvalue weighted by Gasteiger charge is 2.18. The molecule has 0 saturated carbocycles. The molecule has 20 heavy (non-hydrogen) atoms. The highest BCUT2D eigenvalue weighted by Crippen LogP contribution is 2.19. The first-order chi connectivity index (χ1) is 9.67. The van der Waals surface area contributed by atoms with Gasteiger partial charge in [-0.25, -0.2) is 9.78 Å². The lowest BCUT2D eigenvalue weighted by Gasteiger charge is -2.31. The van der Waals surface area contributed by atoms with E-state index in [2.05, 4.69) is 23.7 Å². The molecule has 0 aromatic carbocycles. The predicted octanol–water partition coefficient (Wildman–Crippen LogP) is 2.51. The Morgan fingerprint density at radius 3 is 2.60 bits per heavy atom. The number of anilines is 1. The number of hydrogen-bond donors (Lipinski definition) is 0. The van der Waals surface area contributed by atoms with Crippen molar-refractivity contribution in [3.8, 4) is 0 Å². The van der Waals surface area contributed by atoms with Crippen molar-refractivity contribution in [2.45, 2.75) is 32.7 Å². The Bertz CT molecular complexity index is 419. The Kier molecular flexibility index (Phi) is 7.01. The number of ether oxygens (including phenoxy) is 2. The van der Waals surface area contributed by atoms with E-state index in [0.29, 0.717) is 18.2 Å². The van der Waals surface area contributed by atoms with Crippen LogP contribution in [0.25, 0.3) is 0 Å². The molecule has 1 aromatic heterocycles. The summed E-state index contributed by atoms with van der Waals surface area (Å²) in [5.74, 6) is 0.448. The third kappa shape index (κ3) is 4.20. The van der Waals surface area contributed by atoms with Crippen LogP contribution >= 0.6 is 0 Å². The molecule has 0 fully saturated rings. The van der Waals surface area contributed by atoms with Crippen LogP contribution in [0.1, 0.15) is 37.0 Å². The zero-order valence-corrected chi connectivity index (χ0v) is 12.8. The summed E-state index contributed by atoms with van der Waals surface area (Å²) in [5.41, 5.74) is 0.519. The largest absolute Gasteiger partial charge is 0.465 e. The number of nitrogens with zero attached hydrogens (tertiary/aromatic N) is 2. The summed E-state index contributed by atoms with van der Waals surface area (Å²) >= 11 is 0. The Balaban J connectivity index is 3.02. The summed E-state index contributed by atoms with van der Waals surface area (Å²) in [6, 6.07) is 3.82. The SMILES string of the molecule is CCC(CC)N(CCOC)c1cc(C(=O)OC)ccn1. The van der Waals surface area contributed by atoms with Gasteiger partial charge in [-0.15, -0.1) is 0 Å². The summed E-state index contributed by atoms with van der Waals surface area (Å²) in [6.45, 7) is 5.68. The van der Waals surface area contributed by atoms with Gasteiger partial charge in [0.1, 0.15) is 5.82 Å². The molecular formula is C15H24N2O3. The minimum Gasteiger partial charge on any atom is -0.465 e. The number of rotatable bonds is 8. The fourth-order valence-electron chi connectivity index (χ4n) is 2.22. The zero-order valence-electron chi connectivity index (χ0n) is 12.8. The molecule has 1 rings (SSSR count). The van der Waals surface area contributed by atoms with E-state index in [1.165, 1.54) is 7.11 Å². The number of carbonyl (C=O) groups excluding carboxylic acids is 1. The highest BCUT2D eigenvalue weighted by molar-refractivity contribution is 5.90. The van der Waals surface area contributed by atoms with Gasteiger partial charge in [-0.1, -0.05) is 13.8 Å². The Morgan fingerprint density at radius 2 is 2.05 bits per heavy atom. The van der Waals surface area contributed by atoms with Crippen LogP contribution in [0.5, 0.6) is 0 Å². The molecule has 0 radical (unpaired) electrons. The first-order valence-corrected chi connectivity index (χ1v) is 6.97. The molecule has 1 aromatic rings. The number of esters is 1. The Morgan fingerprint density at radius 1 is 1.35 bits per heavy atom. The van der Waals surface area contributed by atoms with Crippen molar-refractivity contribution in [3.05, 3.63) is 23.9 Å². The van der Waals surface area contributed by atoms with Crippen LogP contribution in [0.2, 0.25) is 0 Å². The van der Waals surface area contributed by atoms with E-state index in [1.807, 2.05) is 0 Å². The van der Waals surface area contributed by atoms with Gasteiger partial charge in [0, 0.05) is 25.9 Å². The lowest BCUT2D eigenvalue weighted by atomic mass is 10.1. The molecule has 0 N–H and O–H groups in total. The third-order valence-electron chi connectivity index (χ3n) is 3.38. The van der Waals surface area contributed by atoms with Crippen molar-refractivity contribution in [1.82, 2.24) is 4.98 Å². The van der Waals surface area contributed by atoms with Crippen LogP contribution in [0, 0.1) is 0 Å². The molecule has 1 heterocycles. The van der Waals surface area contributed by atoms with E-state index >= 15 is 0 Å². The van der Waals surface area contributed by atoms with Crippen LogP contribution in [-0.4, -0.2) is 44.4 Å². The van der Waals surface area contributed by atoms with E-state index in [1.54, 1.807) is 25.4 Å². The number of pyridine rings is 1. The lowest BCUT2D eigenvalue weighted by Crippen LogP contribution is -2.37. The van der Waals surface area contributed by atoms with Gasteiger partial charge in [0.05, 0.1) is 19.3 Å². The molecule has 0 atom stereocenters. The van der Waals surface area contributed by atoms with Crippen molar-refractivity contribution in [1.29, 1.82) is 0 Å². The molecule has 0 unspecified atom stereocenters. The van der Waals surface area contributed by atoms with E-state index in [4.69, 9.17) is 9.47 Å². The smallest absolute Gasteiger partial charge is 0.338 e. The van der Waals surface area contributed by atoms with Crippen LogP contribution in [-0.2, 0) is 9.47 Å². The van der Waals surface area contributed by atoms with E-state index in [-0.39, 0.29) is 5.97 Å². The van der Waals surface area contributed by atoms with Gasteiger partial charge in [-0.3, -0.25) is 0 Å². The van der Waals surface area contributed by atoms with E-state index in [0.717, 1.165) is 25.2 Å². The Labute approximate surface area is 120 Å². The van der Waals surface area contributed by atoms with Crippen molar-refractivity contribution in [2.24, 2.45) is 0 Å². The summed E-state index contributed by atoms with van der Waals surface area (Å²) in [4.78, 5) is 18.2. The standard InChI is InChI=1S/C15H24N2O3/c1-5-13(6-2)17(9-10-19-3)14-11-12(7-8-16-14)15(18)20-4/h7-8,11,13H,5-6,9-10H2,1-4H3. The van der Waals surface area contributed by atoms with Crippen LogP contribution < -0.4 is 4.90 Å². The monoisotopic (exact) mass is 280 g/mol. The maximum Gasteiger partial charge on any atom is 0.338 e. The van der Waals surface area contributed by atoms with Gasteiger partial charge in [0.25, 0.3) is 0 Å². The normalized spacial score (nSPS) is 10.7. The number of carbonyl (C=O) groups is 1. The summed E-state index contributed by atoms with van der Waals surface area (Å²) < 4.78 is 9.93. The quantitative estimate of drug-likeness (QED) is 0.685. The fraction of sp³-hybridized carbons (Fsp3) is 0.600. The number of hydrogen-bond acceptors (Lipinski definition) is 5. The number of methoxy groups -OCH3 is 2. The first-order valence-electron chi connectivity index (χ1n) is 6.97. The van der Waals surface area contributed by atoms with Gasteiger partial charge in [0.2, 0.25) is 0 Å². The van der Waals surface area contributed by atoms with Crippen molar-refractivity contribution >= 4 is 11.8 Å². The first kappa shape index (κ1) is 16.4. The second-order valence-electron chi connectivity index (χ2n) is 4.55. The van der Waals surface area contributed by atoms with Gasteiger partial charge in [-0.05, 0) is 25.0 Å². The molecule has 0 aliphatic carbocycles. The average Bonchev–Trinajstić information content (AvgIpc) is 2.50. The van der Waals surface area contributed by atoms with Gasteiger partial charge in [0.15, 0.2) is 0 Å². The molecule has 0 aliphatic rings. The second-order valence-corrected chi connectivity index (χ2v) is 4.55. The molecule has 5 nitrogen and oxygen atoms in total. The van der Waals surface area contributed by atoms with Gasteiger partial charge in [-0.2, -0.15) is 0 Å². The molecule has 0 bridgehead atoms. The lowest BCUT2D eigenvalue weighted by molar-refractivity contribution is 0.0600. The maximum absolute atomic E-state index is 11.6. The fourth-order valence-corrected chi connectivity index (χ4v) is 2.22. The van der Waals surface area contributed by atoms with E-state index < -0.39 is 0 Å². The summed E-state index contributed by atoms with van der Waals surface area (Å²) in [7, 11) is 3.06. The zero-order chi connectivity index (χ0) is 15.0. The summed E-state index contributed by atoms with van der Waals surface area (Å²) in [6.07, 6.45) is 3.68. The minimum atomic E-state index is -0.343. The molecule has 5 heteroatoms. The topological polar surface area (TPSA) is 51.7 Å². The van der Waals surface area contributed by atoms with Crippen LogP contribution in [0.15, 0.2) is 18.3 Å².